The molecule has 0 aromatic heterocycles. The van der Waals surface area contributed by atoms with Crippen LogP contribution >= 0.6 is 0 Å². The Balaban J connectivity index is 1.61. The summed E-state index contributed by atoms with van der Waals surface area (Å²) in [6.07, 6.45) is 6.38. The largest absolute Gasteiger partial charge is 0.497 e. The third-order valence-electron chi connectivity index (χ3n) is 6.29. The van der Waals surface area contributed by atoms with E-state index in [-0.39, 0.29) is 6.03 Å². The minimum atomic E-state index is -0.837. The second kappa shape index (κ2) is 12.9. The number of rotatable bonds is 11. The van der Waals surface area contributed by atoms with Crippen molar-refractivity contribution in [2.45, 2.75) is 24.9 Å². The third kappa shape index (κ3) is 6.92. The van der Waals surface area contributed by atoms with E-state index in [0.29, 0.717) is 32.5 Å². The molecule has 182 valence electrons. The molecule has 2 amide bonds. The second-order valence-electron chi connectivity index (χ2n) is 8.49. The standard InChI is InChI=1S/C27H35N3O4/c1-33-19-18-30(26(32)28-21-24-10-6-12-25(20-24)34-2)27(22-31)13-16-29(17-14-27)15-7-11-23-8-4-3-5-9-23/h3-12,20,22H,13-19,21H2,1-2H3,(H,28,32)/b11-7+. The smallest absolute Gasteiger partial charge is 0.318 e. The van der Waals surface area contributed by atoms with Gasteiger partial charge in [0.1, 0.15) is 17.6 Å². The topological polar surface area (TPSA) is 71.1 Å². The highest BCUT2D eigenvalue weighted by molar-refractivity contribution is 5.80. The van der Waals surface area contributed by atoms with E-state index in [9.17, 15) is 9.59 Å². The van der Waals surface area contributed by atoms with Gasteiger partial charge in [-0.15, -0.1) is 0 Å². The van der Waals surface area contributed by atoms with Crippen molar-refractivity contribution in [2.75, 3.05) is 47.0 Å². The highest BCUT2D eigenvalue weighted by Crippen LogP contribution is 2.28. The number of amides is 2. The molecule has 0 radical (unpaired) electrons. The molecule has 2 aromatic rings. The molecule has 1 aliphatic rings. The second-order valence-corrected chi connectivity index (χ2v) is 8.49. The number of hydrogen-bond donors (Lipinski definition) is 1. The molecule has 1 saturated heterocycles. The quantitative estimate of drug-likeness (QED) is 0.514. The molecule has 0 unspecified atom stereocenters. The summed E-state index contributed by atoms with van der Waals surface area (Å²) in [4.78, 5) is 29.5. The van der Waals surface area contributed by atoms with Crippen LogP contribution in [0.3, 0.4) is 0 Å². The number of nitrogens with one attached hydrogen (secondary N) is 1. The molecular weight excluding hydrogens is 430 g/mol. The van der Waals surface area contributed by atoms with Crippen molar-refractivity contribution in [3.63, 3.8) is 0 Å². The molecule has 1 aliphatic heterocycles. The van der Waals surface area contributed by atoms with E-state index in [1.807, 2.05) is 42.5 Å². The zero-order valence-electron chi connectivity index (χ0n) is 20.1. The lowest BCUT2D eigenvalue weighted by Crippen LogP contribution is -2.61. The highest BCUT2D eigenvalue weighted by atomic mass is 16.5. The van der Waals surface area contributed by atoms with Crippen LogP contribution in [0.15, 0.2) is 60.7 Å². The number of carbonyl (C=O) groups is 2. The van der Waals surface area contributed by atoms with Crippen LogP contribution in [0.1, 0.15) is 24.0 Å². The summed E-state index contributed by atoms with van der Waals surface area (Å²) in [7, 11) is 3.21. The van der Waals surface area contributed by atoms with E-state index in [4.69, 9.17) is 9.47 Å². The van der Waals surface area contributed by atoms with Gasteiger partial charge in [0.05, 0.1) is 13.7 Å². The first-order chi connectivity index (χ1) is 16.6. The lowest BCUT2D eigenvalue weighted by molar-refractivity contribution is -0.120. The maximum Gasteiger partial charge on any atom is 0.318 e. The lowest BCUT2D eigenvalue weighted by Gasteiger charge is -2.45. The van der Waals surface area contributed by atoms with Crippen LogP contribution in [-0.4, -0.2) is 74.7 Å². The fraction of sp³-hybridized carbons (Fsp3) is 0.407. The third-order valence-corrected chi connectivity index (χ3v) is 6.29. The van der Waals surface area contributed by atoms with Gasteiger partial charge in [-0.05, 0) is 36.1 Å². The van der Waals surface area contributed by atoms with E-state index in [1.54, 1.807) is 19.1 Å². The van der Waals surface area contributed by atoms with Gasteiger partial charge in [0, 0.05) is 39.8 Å². The number of likely N-dealkylation sites (tertiary alicyclic amines) is 1. The number of ether oxygens (including phenoxy) is 2. The van der Waals surface area contributed by atoms with Crippen molar-refractivity contribution in [1.29, 1.82) is 0 Å². The van der Waals surface area contributed by atoms with Gasteiger partial charge in [0.15, 0.2) is 0 Å². The van der Waals surface area contributed by atoms with Crippen molar-refractivity contribution in [3.05, 3.63) is 71.8 Å². The zero-order chi connectivity index (χ0) is 24.2. The average Bonchev–Trinajstić information content (AvgIpc) is 2.89. The Bertz CT molecular complexity index is 940. The molecule has 7 nitrogen and oxygen atoms in total. The Morgan fingerprint density at radius 2 is 1.88 bits per heavy atom. The molecule has 0 atom stereocenters. The molecular formula is C27H35N3O4. The van der Waals surface area contributed by atoms with Gasteiger partial charge in [0.2, 0.25) is 0 Å². The minimum absolute atomic E-state index is 0.260. The molecule has 1 N–H and O–H groups in total. The predicted molar refractivity (Wildman–Crippen MR) is 134 cm³/mol. The van der Waals surface area contributed by atoms with E-state index in [1.165, 1.54) is 5.56 Å². The summed E-state index contributed by atoms with van der Waals surface area (Å²) in [6.45, 7) is 3.36. The lowest BCUT2D eigenvalue weighted by atomic mass is 9.87. The maximum absolute atomic E-state index is 13.2. The van der Waals surface area contributed by atoms with Crippen molar-refractivity contribution < 1.29 is 19.1 Å². The maximum atomic E-state index is 13.2. The Kier molecular flexibility index (Phi) is 9.67. The molecule has 1 heterocycles. The van der Waals surface area contributed by atoms with Crippen molar-refractivity contribution >= 4 is 18.4 Å². The van der Waals surface area contributed by atoms with Crippen LogP contribution in [0.2, 0.25) is 0 Å². The molecule has 3 rings (SSSR count). The van der Waals surface area contributed by atoms with Crippen LogP contribution in [0.4, 0.5) is 4.79 Å². The predicted octanol–water partition coefficient (Wildman–Crippen LogP) is 3.60. The Labute approximate surface area is 202 Å². The van der Waals surface area contributed by atoms with Gasteiger partial charge in [-0.25, -0.2) is 4.79 Å². The molecule has 1 fully saturated rings. The number of nitrogens with zero attached hydrogens (tertiary/aromatic N) is 2. The Hall–Kier alpha value is -3.16. The number of urea groups is 1. The Morgan fingerprint density at radius 1 is 1.12 bits per heavy atom. The first-order valence-corrected chi connectivity index (χ1v) is 11.7. The monoisotopic (exact) mass is 465 g/mol. The highest BCUT2D eigenvalue weighted by Gasteiger charge is 2.42. The van der Waals surface area contributed by atoms with Gasteiger partial charge in [-0.2, -0.15) is 0 Å². The van der Waals surface area contributed by atoms with E-state index in [2.05, 4.69) is 34.5 Å². The van der Waals surface area contributed by atoms with Crippen LogP contribution in [0.5, 0.6) is 5.75 Å². The molecule has 0 bridgehead atoms. The summed E-state index contributed by atoms with van der Waals surface area (Å²) in [5.41, 5.74) is 1.26. The average molecular weight is 466 g/mol. The molecule has 0 saturated carbocycles. The molecule has 34 heavy (non-hydrogen) atoms. The van der Waals surface area contributed by atoms with Crippen molar-refractivity contribution in [1.82, 2.24) is 15.1 Å². The fourth-order valence-electron chi connectivity index (χ4n) is 4.24. The van der Waals surface area contributed by atoms with Crippen LogP contribution < -0.4 is 10.1 Å². The summed E-state index contributed by atoms with van der Waals surface area (Å²) < 4.78 is 10.5. The molecule has 0 aliphatic carbocycles. The summed E-state index contributed by atoms with van der Waals surface area (Å²) in [6, 6.07) is 17.5. The van der Waals surface area contributed by atoms with Crippen LogP contribution in [-0.2, 0) is 16.1 Å². The van der Waals surface area contributed by atoms with Gasteiger partial charge >= 0.3 is 6.03 Å². The number of aldehydes is 1. The Morgan fingerprint density at radius 3 is 2.56 bits per heavy atom. The fourth-order valence-corrected chi connectivity index (χ4v) is 4.24. The minimum Gasteiger partial charge on any atom is -0.497 e. The van der Waals surface area contributed by atoms with Crippen LogP contribution in [0.25, 0.3) is 6.08 Å². The number of piperidine rings is 1. The van der Waals surface area contributed by atoms with E-state index < -0.39 is 5.54 Å². The summed E-state index contributed by atoms with van der Waals surface area (Å²) in [5, 5.41) is 2.97. The van der Waals surface area contributed by atoms with Gasteiger partial charge in [-0.3, -0.25) is 4.90 Å². The van der Waals surface area contributed by atoms with Gasteiger partial charge < -0.3 is 24.5 Å². The molecule has 2 aromatic carbocycles. The first-order valence-electron chi connectivity index (χ1n) is 11.7. The van der Waals surface area contributed by atoms with Crippen LogP contribution in [0, 0.1) is 0 Å². The number of carbonyl (C=O) groups excluding carboxylic acids is 2. The number of benzene rings is 2. The van der Waals surface area contributed by atoms with Crippen molar-refractivity contribution in [3.8, 4) is 5.75 Å². The summed E-state index contributed by atoms with van der Waals surface area (Å²) >= 11 is 0. The van der Waals surface area contributed by atoms with Crippen molar-refractivity contribution in [2.24, 2.45) is 0 Å². The van der Waals surface area contributed by atoms with E-state index >= 15 is 0 Å². The normalized spacial score (nSPS) is 15.7. The number of methoxy groups -OCH3 is 2. The molecule has 0 spiro atoms. The van der Waals surface area contributed by atoms with E-state index in [0.717, 1.165) is 37.2 Å². The first kappa shape index (κ1) is 25.5. The zero-order valence-corrected chi connectivity index (χ0v) is 20.1. The van der Waals surface area contributed by atoms with Gasteiger partial charge in [0.25, 0.3) is 0 Å². The number of hydrogen-bond acceptors (Lipinski definition) is 5. The molecule has 7 heteroatoms. The SMILES string of the molecule is COCCN(C(=O)NCc1cccc(OC)c1)C1(C=O)CCN(C/C=C/c2ccccc2)CC1. The summed E-state index contributed by atoms with van der Waals surface area (Å²) in [5.74, 6) is 0.737. The van der Waals surface area contributed by atoms with Gasteiger partial charge in [-0.1, -0.05) is 54.6 Å².